The molecule has 2 aromatic rings. The SMILES string of the molecule is COc1ccc(C2=C/C(=N\OCC(=O)NO)COc3c2cc(OC)c(OC)c3OC)cc1O. The molecule has 1 aliphatic heterocycles. The third kappa shape index (κ3) is 4.88. The van der Waals surface area contributed by atoms with Gasteiger partial charge in [0.05, 0.1) is 28.4 Å². The minimum absolute atomic E-state index is 0.0365. The van der Waals surface area contributed by atoms with Crippen LogP contribution in [0.2, 0.25) is 0 Å². The maximum absolute atomic E-state index is 11.2. The molecule has 2 aromatic carbocycles. The second-order valence-electron chi connectivity index (χ2n) is 6.65. The number of oxime groups is 1. The Labute approximate surface area is 189 Å². The highest BCUT2D eigenvalue weighted by Crippen LogP contribution is 2.50. The van der Waals surface area contributed by atoms with Gasteiger partial charge in [-0.3, -0.25) is 10.0 Å². The largest absolute Gasteiger partial charge is 0.504 e. The Bertz CT molecular complexity index is 1100. The number of hydroxylamine groups is 1. The van der Waals surface area contributed by atoms with Crippen LogP contribution in [0.3, 0.4) is 0 Å². The second kappa shape index (κ2) is 10.5. The van der Waals surface area contributed by atoms with Gasteiger partial charge in [-0.1, -0.05) is 11.2 Å². The van der Waals surface area contributed by atoms with Crippen LogP contribution in [-0.4, -0.2) is 63.6 Å². The van der Waals surface area contributed by atoms with Crippen molar-refractivity contribution in [1.82, 2.24) is 5.48 Å². The van der Waals surface area contributed by atoms with Crippen molar-refractivity contribution in [3.8, 4) is 34.5 Å². The molecular formula is C22H24N2O9. The molecule has 0 unspecified atom stereocenters. The minimum Gasteiger partial charge on any atom is -0.504 e. The summed E-state index contributed by atoms with van der Waals surface area (Å²) >= 11 is 0. The molecule has 1 heterocycles. The van der Waals surface area contributed by atoms with Gasteiger partial charge in [0.2, 0.25) is 11.5 Å². The number of phenols is 1. The van der Waals surface area contributed by atoms with Gasteiger partial charge in [-0.2, -0.15) is 0 Å². The normalized spacial score (nSPS) is 13.7. The number of phenolic OH excluding ortho intramolecular Hbond substituents is 1. The summed E-state index contributed by atoms with van der Waals surface area (Å²) in [7, 11) is 5.90. The molecule has 0 fully saturated rings. The number of fused-ring (bicyclic) bond motifs is 1. The highest BCUT2D eigenvalue weighted by molar-refractivity contribution is 6.06. The third-order valence-electron chi connectivity index (χ3n) is 4.74. The van der Waals surface area contributed by atoms with Gasteiger partial charge < -0.3 is 33.6 Å². The zero-order valence-electron chi connectivity index (χ0n) is 18.5. The molecule has 0 spiro atoms. The maximum atomic E-state index is 11.2. The molecular weight excluding hydrogens is 436 g/mol. The summed E-state index contributed by atoms with van der Waals surface area (Å²) in [6.45, 7) is -0.532. The summed E-state index contributed by atoms with van der Waals surface area (Å²) < 4.78 is 27.6. The van der Waals surface area contributed by atoms with E-state index in [9.17, 15) is 9.90 Å². The van der Waals surface area contributed by atoms with Gasteiger partial charge in [0.15, 0.2) is 29.6 Å². The average Bonchev–Trinajstić information content (AvgIpc) is 3.01. The number of carbonyl (C=O) groups excluding carboxylic acids is 1. The van der Waals surface area contributed by atoms with E-state index in [1.54, 1.807) is 24.3 Å². The first-order valence-electron chi connectivity index (χ1n) is 9.64. The van der Waals surface area contributed by atoms with Crippen molar-refractivity contribution in [3.05, 3.63) is 41.5 Å². The molecule has 0 saturated heterocycles. The van der Waals surface area contributed by atoms with Crippen molar-refractivity contribution in [1.29, 1.82) is 0 Å². The Morgan fingerprint density at radius 1 is 1.06 bits per heavy atom. The zero-order valence-corrected chi connectivity index (χ0v) is 18.5. The lowest BCUT2D eigenvalue weighted by molar-refractivity contribution is -0.133. The summed E-state index contributed by atoms with van der Waals surface area (Å²) in [5.41, 5.74) is 3.55. The Morgan fingerprint density at radius 2 is 1.79 bits per heavy atom. The fraction of sp³-hybridized carbons (Fsp3) is 0.273. The number of amides is 1. The van der Waals surface area contributed by atoms with Gasteiger partial charge in [0, 0.05) is 5.56 Å². The lowest BCUT2D eigenvalue weighted by Crippen LogP contribution is -2.23. The van der Waals surface area contributed by atoms with E-state index in [0.717, 1.165) is 0 Å². The summed E-state index contributed by atoms with van der Waals surface area (Å²) in [5, 5.41) is 22.9. The van der Waals surface area contributed by atoms with Crippen LogP contribution < -0.4 is 29.2 Å². The van der Waals surface area contributed by atoms with Crippen molar-refractivity contribution >= 4 is 17.2 Å². The molecule has 0 radical (unpaired) electrons. The zero-order chi connectivity index (χ0) is 24.0. The van der Waals surface area contributed by atoms with Gasteiger partial charge in [-0.25, -0.2) is 5.48 Å². The Morgan fingerprint density at radius 3 is 2.39 bits per heavy atom. The summed E-state index contributed by atoms with van der Waals surface area (Å²) in [4.78, 5) is 16.2. The fourth-order valence-corrected chi connectivity index (χ4v) is 3.26. The van der Waals surface area contributed by atoms with E-state index >= 15 is 0 Å². The van der Waals surface area contributed by atoms with Gasteiger partial charge in [0.1, 0.15) is 12.3 Å². The number of aromatic hydroxyl groups is 1. The molecule has 0 saturated carbocycles. The molecule has 3 N–H and O–H groups in total. The summed E-state index contributed by atoms with van der Waals surface area (Å²) in [6.07, 6.45) is 1.68. The molecule has 0 bridgehead atoms. The van der Waals surface area contributed by atoms with Crippen LogP contribution in [0, 0.1) is 0 Å². The Hall–Kier alpha value is -4.12. The van der Waals surface area contributed by atoms with Crippen molar-refractivity contribution in [2.75, 3.05) is 41.7 Å². The molecule has 0 atom stereocenters. The number of rotatable bonds is 8. The van der Waals surface area contributed by atoms with Crippen molar-refractivity contribution < 1.29 is 43.6 Å². The van der Waals surface area contributed by atoms with Crippen LogP contribution in [0.4, 0.5) is 0 Å². The van der Waals surface area contributed by atoms with Crippen LogP contribution in [0.1, 0.15) is 11.1 Å². The number of hydrogen-bond donors (Lipinski definition) is 3. The highest BCUT2D eigenvalue weighted by Gasteiger charge is 2.27. The van der Waals surface area contributed by atoms with E-state index in [-0.39, 0.29) is 12.4 Å². The van der Waals surface area contributed by atoms with Gasteiger partial charge in [0.25, 0.3) is 5.91 Å². The molecule has 11 heteroatoms. The number of nitrogens with zero attached hydrogens (tertiary/aromatic N) is 1. The first-order valence-corrected chi connectivity index (χ1v) is 9.64. The first kappa shape index (κ1) is 23.5. The predicted octanol–water partition coefficient (Wildman–Crippen LogP) is 2.13. The molecule has 1 aliphatic rings. The van der Waals surface area contributed by atoms with Gasteiger partial charge in [-0.15, -0.1) is 0 Å². The van der Waals surface area contributed by atoms with Crippen molar-refractivity contribution in [3.63, 3.8) is 0 Å². The average molecular weight is 460 g/mol. The van der Waals surface area contributed by atoms with Crippen LogP contribution in [0.25, 0.3) is 5.57 Å². The Kier molecular flexibility index (Phi) is 7.46. The van der Waals surface area contributed by atoms with Crippen LogP contribution in [0.5, 0.6) is 34.5 Å². The number of hydrogen-bond acceptors (Lipinski definition) is 10. The highest BCUT2D eigenvalue weighted by atomic mass is 16.6. The standard InChI is InChI=1S/C22H24N2O9/c1-28-17-6-5-12(7-16(17)25)14-8-13(24-33-11-19(26)23-27)10-32-20-15(14)9-18(29-2)21(30-3)22(20)31-4/h5-9,25,27H,10-11H2,1-4H3,(H,23,26)/b24-13+. The van der Waals surface area contributed by atoms with E-state index in [1.165, 1.54) is 40.0 Å². The molecule has 176 valence electrons. The quantitative estimate of drug-likeness (QED) is 0.400. The number of nitrogens with one attached hydrogen (secondary N) is 1. The first-order chi connectivity index (χ1) is 16.0. The predicted molar refractivity (Wildman–Crippen MR) is 117 cm³/mol. The molecule has 0 aromatic heterocycles. The molecule has 3 rings (SSSR count). The number of carbonyl (C=O) groups is 1. The number of benzene rings is 2. The lowest BCUT2D eigenvalue weighted by Gasteiger charge is -2.19. The molecule has 0 aliphatic carbocycles. The molecule has 1 amide bonds. The van der Waals surface area contributed by atoms with Gasteiger partial charge >= 0.3 is 0 Å². The lowest BCUT2D eigenvalue weighted by atomic mass is 9.95. The maximum Gasteiger partial charge on any atom is 0.284 e. The van der Waals surface area contributed by atoms with Crippen molar-refractivity contribution in [2.45, 2.75) is 0 Å². The van der Waals surface area contributed by atoms with Crippen LogP contribution >= 0.6 is 0 Å². The number of methoxy groups -OCH3 is 4. The van der Waals surface area contributed by atoms with Crippen LogP contribution in [0.15, 0.2) is 35.5 Å². The number of ether oxygens (including phenoxy) is 5. The monoisotopic (exact) mass is 460 g/mol. The summed E-state index contributed by atoms with van der Waals surface area (Å²) in [6, 6.07) is 6.61. The van der Waals surface area contributed by atoms with Crippen molar-refractivity contribution in [2.24, 2.45) is 5.16 Å². The Balaban J connectivity index is 2.20. The van der Waals surface area contributed by atoms with E-state index in [4.69, 9.17) is 33.7 Å². The van der Waals surface area contributed by atoms with E-state index < -0.39 is 12.5 Å². The molecule has 33 heavy (non-hydrogen) atoms. The van der Waals surface area contributed by atoms with E-state index in [1.807, 2.05) is 0 Å². The second-order valence-corrected chi connectivity index (χ2v) is 6.65. The third-order valence-corrected chi connectivity index (χ3v) is 4.74. The summed E-state index contributed by atoms with van der Waals surface area (Å²) in [5.74, 6) is 0.874. The van der Waals surface area contributed by atoms with Gasteiger partial charge in [-0.05, 0) is 35.4 Å². The smallest absolute Gasteiger partial charge is 0.284 e. The van der Waals surface area contributed by atoms with E-state index in [2.05, 4.69) is 5.16 Å². The fourth-order valence-electron chi connectivity index (χ4n) is 3.26. The van der Waals surface area contributed by atoms with E-state index in [0.29, 0.717) is 51.2 Å². The molecule has 11 nitrogen and oxygen atoms in total. The van der Waals surface area contributed by atoms with Crippen LogP contribution in [-0.2, 0) is 9.63 Å². The topological polar surface area (TPSA) is 137 Å². The minimum atomic E-state index is -0.766.